The van der Waals surface area contributed by atoms with Crippen molar-refractivity contribution in [2.24, 2.45) is 30.7 Å². The van der Waals surface area contributed by atoms with E-state index in [4.69, 9.17) is 0 Å². The predicted molar refractivity (Wildman–Crippen MR) is 71.4 cm³/mol. The van der Waals surface area contributed by atoms with Crippen LogP contribution in [0.4, 0.5) is 0 Å². The molecule has 1 saturated carbocycles. The van der Waals surface area contributed by atoms with Crippen molar-refractivity contribution in [2.75, 3.05) is 0 Å². The molecule has 5 nitrogen and oxygen atoms in total. The van der Waals surface area contributed by atoms with Crippen molar-refractivity contribution < 1.29 is 0 Å². The summed E-state index contributed by atoms with van der Waals surface area (Å²) < 4.78 is 4.73. The lowest BCUT2D eigenvalue weighted by Gasteiger charge is -2.38. The van der Waals surface area contributed by atoms with Gasteiger partial charge in [0, 0.05) is 25.3 Å². The summed E-state index contributed by atoms with van der Waals surface area (Å²) in [6.45, 7) is 0. The van der Waals surface area contributed by atoms with Gasteiger partial charge in [-0.05, 0) is 29.4 Å². The van der Waals surface area contributed by atoms with Gasteiger partial charge < -0.3 is 0 Å². The Labute approximate surface area is 114 Å². The lowest BCUT2D eigenvalue weighted by atomic mass is 9.71. The molecular formula is C15H15N3O2. The van der Waals surface area contributed by atoms with E-state index in [-0.39, 0.29) is 23.5 Å². The molecule has 1 aromatic rings. The Bertz CT molecular complexity index is 799. The lowest BCUT2D eigenvalue weighted by molar-refractivity contribution is 0.361. The number of aromatic nitrogens is 3. The molecule has 5 heteroatoms. The highest BCUT2D eigenvalue weighted by Gasteiger charge is 2.62. The first-order valence-electron chi connectivity index (χ1n) is 7.50. The first kappa shape index (κ1) is 10.0. The van der Waals surface area contributed by atoms with Gasteiger partial charge in [-0.25, -0.2) is 23.5 Å². The highest BCUT2D eigenvalue weighted by Crippen LogP contribution is 2.68. The maximum Gasteiger partial charge on any atom is 0.347 e. The van der Waals surface area contributed by atoms with Crippen molar-refractivity contribution in [1.29, 1.82) is 0 Å². The summed E-state index contributed by atoms with van der Waals surface area (Å²) in [6, 6.07) is 0.297. The summed E-state index contributed by atoms with van der Waals surface area (Å²) in [5.41, 5.74) is 2.70. The van der Waals surface area contributed by atoms with E-state index >= 15 is 0 Å². The van der Waals surface area contributed by atoms with Crippen molar-refractivity contribution in [3.8, 4) is 0 Å². The van der Waals surface area contributed by atoms with Crippen LogP contribution in [0.5, 0.6) is 0 Å². The third-order valence-electron chi connectivity index (χ3n) is 6.34. The summed E-state index contributed by atoms with van der Waals surface area (Å²) in [5, 5.41) is 0. The van der Waals surface area contributed by atoms with Gasteiger partial charge in [0.05, 0.1) is 12.1 Å². The van der Waals surface area contributed by atoms with E-state index in [0.717, 1.165) is 18.3 Å². The average Bonchev–Trinajstić information content (AvgIpc) is 3.03. The molecule has 1 aliphatic heterocycles. The maximum absolute atomic E-state index is 12.3. The number of allylic oxidation sites excluding steroid dienone is 4. The van der Waals surface area contributed by atoms with Gasteiger partial charge in [-0.3, -0.25) is 0 Å². The van der Waals surface area contributed by atoms with Crippen LogP contribution < -0.4 is 11.4 Å². The molecule has 1 fully saturated rings. The van der Waals surface area contributed by atoms with Crippen LogP contribution in [0.3, 0.4) is 0 Å². The minimum absolute atomic E-state index is 0.146. The molecule has 5 aliphatic carbocycles. The molecule has 2 heterocycles. The Balaban J connectivity index is 1.66. The van der Waals surface area contributed by atoms with Gasteiger partial charge >= 0.3 is 11.4 Å². The fourth-order valence-corrected chi connectivity index (χ4v) is 5.54. The Morgan fingerprint density at radius 3 is 1.90 bits per heavy atom. The molecule has 6 aliphatic rings. The molecule has 6 atom stereocenters. The molecule has 0 N–H and O–H groups in total. The van der Waals surface area contributed by atoms with Crippen LogP contribution in [0.15, 0.2) is 32.9 Å². The number of nitrogens with zero attached hydrogens (tertiary/aromatic N) is 3. The summed E-state index contributed by atoms with van der Waals surface area (Å²) >= 11 is 0. The zero-order valence-corrected chi connectivity index (χ0v) is 11.2. The van der Waals surface area contributed by atoms with Gasteiger partial charge in [0.1, 0.15) is 0 Å². The van der Waals surface area contributed by atoms with E-state index in [1.807, 2.05) is 0 Å². The molecule has 0 spiro atoms. The molecule has 0 aromatic carbocycles. The number of hydrogen-bond donors (Lipinski definition) is 0. The summed E-state index contributed by atoms with van der Waals surface area (Å²) in [5.74, 6) is 2.74. The number of fused-ring (bicyclic) bond motifs is 5. The van der Waals surface area contributed by atoms with Crippen molar-refractivity contribution in [1.82, 2.24) is 13.9 Å². The smallest absolute Gasteiger partial charge is 0.246 e. The third kappa shape index (κ3) is 0.784. The van der Waals surface area contributed by atoms with Crippen LogP contribution >= 0.6 is 0 Å². The second kappa shape index (κ2) is 2.67. The Hall–Kier alpha value is -1.78. The normalized spacial score (nSPS) is 44.9. The fraction of sp³-hybridized carbons (Fsp3) is 0.600. The molecule has 0 radical (unpaired) electrons. The van der Waals surface area contributed by atoms with Gasteiger partial charge in [-0.15, -0.1) is 0 Å². The van der Waals surface area contributed by atoms with Gasteiger partial charge in [-0.1, -0.05) is 12.2 Å². The lowest BCUT2D eigenvalue weighted by Crippen LogP contribution is -2.37. The number of hydrogen-bond acceptors (Lipinski definition) is 2. The van der Waals surface area contributed by atoms with E-state index in [0.29, 0.717) is 11.8 Å². The van der Waals surface area contributed by atoms with E-state index in [2.05, 4.69) is 12.2 Å². The zero-order chi connectivity index (χ0) is 13.3. The van der Waals surface area contributed by atoms with E-state index in [1.54, 1.807) is 16.4 Å². The van der Waals surface area contributed by atoms with Crippen LogP contribution in [0.2, 0.25) is 0 Å². The monoisotopic (exact) mass is 269 g/mol. The minimum atomic E-state index is -0.146. The Morgan fingerprint density at radius 2 is 1.40 bits per heavy atom. The summed E-state index contributed by atoms with van der Waals surface area (Å²) in [6.07, 6.45) is 7.00. The van der Waals surface area contributed by atoms with Gasteiger partial charge in [0.25, 0.3) is 0 Å². The molecular weight excluding hydrogens is 254 g/mol. The molecule has 1 aromatic heterocycles. The Morgan fingerprint density at radius 1 is 0.900 bits per heavy atom. The molecule has 20 heavy (non-hydrogen) atoms. The molecule has 102 valence electrons. The molecule has 7 rings (SSSR count). The third-order valence-corrected chi connectivity index (χ3v) is 6.34. The standard InChI is InChI=1S/C15H15N3O2/c1-16-14(19)17-10-5-11(18(17)15(16)20)13-7-3-2-6(12(10)13)8-4-9(7)8/h2-3,6-11H,4-5H2,1H3/t6-,7+,8+,9-,10+,11-. The summed E-state index contributed by atoms with van der Waals surface area (Å²) in [7, 11) is 1.59. The average molecular weight is 269 g/mol. The van der Waals surface area contributed by atoms with Crippen molar-refractivity contribution >= 4 is 0 Å². The first-order valence-corrected chi connectivity index (χ1v) is 7.50. The van der Waals surface area contributed by atoms with E-state index in [1.165, 1.54) is 22.1 Å². The molecule has 0 saturated heterocycles. The van der Waals surface area contributed by atoms with E-state index in [9.17, 15) is 9.59 Å². The van der Waals surface area contributed by atoms with E-state index < -0.39 is 0 Å². The first-order chi connectivity index (χ1) is 9.68. The van der Waals surface area contributed by atoms with Gasteiger partial charge in [-0.2, -0.15) is 0 Å². The van der Waals surface area contributed by atoms with Gasteiger partial charge in [0.15, 0.2) is 0 Å². The number of rotatable bonds is 0. The van der Waals surface area contributed by atoms with Crippen molar-refractivity contribution in [2.45, 2.75) is 24.9 Å². The van der Waals surface area contributed by atoms with Crippen LogP contribution in [0.1, 0.15) is 24.9 Å². The SMILES string of the molecule is Cn1c(=O)n2n(c1=O)[C@H]1C[C@@H]2C2=C1[C@@H]1C=C[C@H]2[C@H]2C[C@H]21. The highest BCUT2D eigenvalue weighted by atomic mass is 16.2. The quantitative estimate of drug-likeness (QED) is 0.647. The predicted octanol–water partition coefficient (Wildman–Crippen LogP) is 0.596. The summed E-state index contributed by atoms with van der Waals surface area (Å²) in [4.78, 5) is 24.6. The topological polar surface area (TPSA) is 48.9 Å². The van der Waals surface area contributed by atoms with Crippen molar-refractivity contribution in [3.63, 3.8) is 0 Å². The second-order valence-electron chi connectivity index (χ2n) is 6.99. The molecule has 4 bridgehead atoms. The minimum Gasteiger partial charge on any atom is -0.246 e. The second-order valence-corrected chi connectivity index (χ2v) is 6.99. The fourth-order valence-electron chi connectivity index (χ4n) is 5.54. The van der Waals surface area contributed by atoms with Gasteiger partial charge in [0.2, 0.25) is 0 Å². The highest BCUT2D eigenvalue weighted by molar-refractivity contribution is 5.48. The van der Waals surface area contributed by atoms with Crippen LogP contribution in [-0.4, -0.2) is 13.9 Å². The molecule has 0 amide bonds. The largest absolute Gasteiger partial charge is 0.347 e. The van der Waals surface area contributed by atoms with Crippen LogP contribution in [-0.2, 0) is 7.05 Å². The zero-order valence-electron chi connectivity index (χ0n) is 11.2. The maximum atomic E-state index is 12.3. The Kier molecular flexibility index (Phi) is 1.34. The molecule has 0 unspecified atom stereocenters. The van der Waals surface area contributed by atoms with Crippen molar-refractivity contribution in [3.05, 3.63) is 44.3 Å². The van der Waals surface area contributed by atoms with Crippen LogP contribution in [0.25, 0.3) is 0 Å². The van der Waals surface area contributed by atoms with Crippen LogP contribution in [0, 0.1) is 23.7 Å².